The number of fused-ring (bicyclic) bond motifs is 1. The lowest BCUT2D eigenvalue weighted by molar-refractivity contribution is -0.274. The van der Waals surface area contributed by atoms with Crippen molar-refractivity contribution in [2.45, 2.75) is 26.1 Å². The minimum Gasteiger partial charge on any atom is -0.406 e. The molecule has 8 nitrogen and oxygen atoms in total. The molecule has 1 saturated heterocycles. The van der Waals surface area contributed by atoms with Crippen molar-refractivity contribution in [1.29, 1.82) is 0 Å². The molecule has 41 heavy (non-hydrogen) atoms. The standard InChI is InChI=1S/C28H23F3N6O2S2/c1-16(2)20-5-3-4-6-22(20)35-27-37(24(38)15-40-27)33-14-17-7-12-21-23(13-17)41-36-25(21)26(32)34-18-8-10-19(11-9-18)39-28(29,30)31/h3-14,16H,15H2,1-2H3,(H2,32,34). The van der Waals surface area contributed by atoms with E-state index in [9.17, 15) is 18.0 Å². The molecule has 0 bridgehead atoms. The SMILES string of the molecule is CC(C)c1ccccc1N=C1SCC(=O)N1N=Cc1ccc2c(C(N)=Nc3ccc(OC(F)(F)F)cc3)nsc2c1. The highest BCUT2D eigenvalue weighted by atomic mass is 32.2. The first-order valence-electron chi connectivity index (χ1n) is 12.3. The van der Waals surface area contributed by atoms with Crippen LogP contribution in [0.15, 0.2) is 81.8 Å². The van der Waals surface area contributed by atoms with Crippen molar-refractivity contribution in [2.24, 2.45) is 20.8 Å². The van der Waals surface area contributed by atoms with E-state index in [1.165, 1.54) is 40.4 Å². The third kappa shape index (κ3) is 6.74. The van der Waals surface area contributed by atoms with Crippen molar-refractivity contribution < 1.29 is 22.7 Å². The number of amidine groups is 2. The number of carbonyl (C=O) groups excluding carboxylic acids is 1. The normalized spacial score (nSPS) is 15.7. The van der Waals surface area contributed by atoms with Gasteiger partial charge in [0.2, 0.25) is 0 Å². The second-order valence-electron chi connectivity index (χ2n) is 9.17. The molecule has 0 aliphatic carbocycles. The molecule has 210 valence electrons. The number of aromatic nitrogens is 1. The first-order valence-corrected chi connectivity index (χ1v) is 14.1. The summed E-state index contributed by atoms with van der Waals surface area (Å²) in [4.78, 5) is 21.6. The topological polar surface area (TPSA) is 106 Å². The second kappa shape index (κ2) is 11.7. The number of benzene rings is 3. The van der Waals surface area contributed by atoms with Gasteiger partial charge in [0.1, 0.15) is 11.4 Å². The molecule has 0 spiro atoms. The number of ether oxygens (including phenoxy) is 1. The van der Waals surface area contributed by atoms with Crippen LogP contribution in [0.5, 0.6) is 5.75 Å². The summed E-state index contributed by atoms with van der Waals surface area (Å²) >= 11 is 2.56. The molecule has 1 fully saturated rings. The number of alkyl halides is 3. The number of hydrogen-bond donors (Lipinski definition) is 1. The maximum atomic E-state index is 12.6. The Balaban J connectivity index is 1.34. The van der Waals surface area contributed by atoms with Crippen LogP contribution in [0.2, 0.25) is 0 Å². The Morgan fingerprint density at radius 2 is 1.88 bits per heavy atom. The Morgan fingerprint density at radius 1 is 1.12 bits per heavy atom. The maximum absolute atomic E-state index is 12.6. The fourth-order valence-corrected chi connectivity index (χ4v) is 5.63. The molecule has 1 aromatic heterocycles. The van der Waals surface area contributed by atoms with Gasteiger partial charge in [0, 0.05) is 5.39 Å². The van der Waals surface area contributed by atoms with Crippen LogP contribution in [-0.4, -0.2) is 44.6 Å². The van der Waals surface area contributed by atoms with Crippen LogP contribution in [-0.2, 0) is 4.79 Å². The third-order valence-electron chi connectivity index (χ3n) is 5.90. The van der Waals surface area contributed by atoms with Gasteiger partial charge in [-0.3, -0.25) is 4.79 Å². The first-order chi connectivity index (χ1) is 19.6. The number of nitrogens with zero attached hydrogens (tertiary/aromatic N) is 5. The van der Waals surface area contributed by atoms with Crippen LogP contribution in [0.25, 0.3) is 10.1 Å². The van der Waals surface area contributed by atoms with E-state index in [0.717, 1.165) is 39.0 Å². The van der Waals surface area contributed by atoms with Crippen molar-refractivity contribution in [2.75, 3.05) is 5.75 Å². The Bertz CT molecular complexity index is 1680. The van der Waals surface area contributed by atoms with E-state index in [4.69, 9.17) is 10.7 Å². The zero-order valence-corrected chi connectivity index (χ0v) is 23.4. The van der Waals surface area contributed by atoms with Gasteiger partial charge < -0.3 is 10.5 Å². The molecule has 0 radical (unpaired) electrons. The fourth-order valence-electron chi connectivity index (χ4n) is 3.99. The Labute approximate surface area is 241 Å². The van der Waals surface area contributed by atoms with Gasteiger partial charge in [0.05, 0.1) is 28.0 Å². The molecular weight excluding hydrogens is 573 g/mol. The zero-order chi connectivity index (χ0) is 29.1. The van der Waals surface area contributed by atoms with Crippen LogP contribution in [0.1, 0.15) is 36.6 Å². The highest BCUT2D eigenvalue weighted by molar-refractivity contribution is 8.15. The highest BCUT2D eigenvalue weighted by Gasteiger charge is 2.31. The maximum Gasteiger partial charge on any atom is 0.573 e. The Morgan fingerprint density at radius 3 is 2.61 bits per heavy atom. The molecule has 0 atom stereocenters. The smallest absolute Gasteiger partial charge is 0.406 e. The lowest BCUT2D eigenvalue weighted by Crippen LogP contribution is -2.23. The number of halogens is 3. The molecule has 0 saturated carbocycles. The lowest BCUT2D eigenvalue weighted by Gasteiger charge is -2.12. The number of aliphatic imine (C=N–C) groups is 2. The summed E-state index contributed by atoms with van der Waals surface area (Å²) in [5.41, 5.74) is 9.62. The predicted octanol–water partition coefficient (Wildman–Crippen LogP) is 6.95. The number of para-hydroxylation sites is 1. The summed E-state index contributed by atoms with van der Waals surface area (Å²) in [6.45, 7) is 4.19. The van der Waals surface area contributed by atoms with Gasteiger partial charge in [-0.25, -0.2) is 9.98 Å². The van der Waals surface area contributed by atoms with E-state index in [0.29, 0.717) is 16.5 Å². The van der Waals surface area contributed by atoms with Gasteiger partial charge in [0.25, 0.3) is 5.91 Å². The number of amides is 1. The molecule has 3 aromatic carbocycles. The van der Waals surface area contributed by atoms with E-state index in [1.807, 2.05) is 42.5 Å². The lowest BCUT2D eigenvalue weighted by atomic mass is 10.0. The second-order valence-corrected chi connectivity index (χ2v) is 10.9. The number of nitrogens with two attached hydrogens (primary N) is 1. The van der Waals surface area contributed by atoms with Gasteiger partial charge in [-0.2, -0.15) is 14.5 Å². The molecule has 1 aliphatic rings. The van der Waals surface area contributed by atoms with Crippen molar-refractivity contribution in [3.63, 3.8) is 0 Å². The van der Waals surface area contributed by atoms with Crippen molar-refractivity contribution in [3.8, 4) is 5.75 Å². The van der Waals surface area contributed by atoms with Crippen molar-refractivity contribution >= 4 is 67.9 Å². The molecule has 13 heteroatoms. The Hall–Kier alpha value is -4.23. The molecular formula is C28H23F3N6O2S2. The zero-order valence-electron chi connectivity index (χ0n) is 21.8. The molecule has 4 aromatic rings. The minimum absolute atomic E-state index is 0.115. The van der Waals surface area contributed by atoms with Gasteiger partial charge in [-0.05, 0) is 65.0 Å². The molecule has 0 unspecified atom stereocenters. The van der Waals surface area contributed by atoms with Gasteiger partial charge in [-0.1, -0.05) is 55.9 Å². The van der Waals surface area contributed by atoms with Crippen molar-refractivity contribution in [3.05, 3.63) is 83.6 Å². The first kappa shape index (κ1) is 28.3. The summed E-state index contributed by atoms with van der Waals surface area (Å²) in [5.74, 6) is 0.146. The van der Waals surface area contributed by atoms with Crippen LogP contribution < -0.4 is 10.5 Å². The largest absolute Gasteiger partial charge is 0.573 e. The molecule has 1 amide bonds. The monoisotopic (exact) mass is 596 g/mol. The number of rotatable bonds is 7. The van der Waals surface area contributed by atoms with Gasteiger partial charge in [0.15, 0.2) is 11.0 Å². The third-order valence-corrected chi connectivity index (χ3v) is 7.62. The minimum atomic E-state index is -4.77. The van der Waals surface area contributed by atoms with E-state index in [2.05, 4.69) is 33.1 Å². The van der Waals surface area contributed by atoms with Gasteiger partial charge in [-0.15, -0.1) is 13.2 Å². The number of thioether (sulfide) groups is 1. The summed E-state index contributed by atoms with van der Waals surface area (Å²) in [6, 6.07) is 18.4. The molecule has 2 N–H and O–H groups in total. The summed E-state index contributed by atoms with van der Waals surface area (Å²) < 4.78 is 46.3. The van der Waals surface area contributed by atoms with Crippen LogP contribution >= 0.6 is 23.3 Å². The summed E-state index contributed by atoms with van der Waals surface area (Å²) in [5, 5.41) is 7.01. The Kier molecular flexibility index (Phi) is 8.08. The molecule has 1 aliphatic heterocycles. The molecule has 5 rings (SSSR count). The van der Waals surface area contributed by atoms with E-state index in [-0.39, 0.29) is 29.2 Å². The average Bonchev–Trinajstić information content (AvgIpc) is 3.50. The van der Waals surface area contributed by atoms with Gasteiger partial charge >= 0.3 is 6.36 Å². The van der Waals surface area contributed by atoms with Crippen LogP contribution in [0, 0.1) is 0 Å². The van der Waals surface area contributed by atoms with Crippen LogP contribution in [0.3, 0.4) is 0 Å². The van der Waals surface area contributed by atoms with E-state index >= 15 is 0 Å². The number of hydrazone groups is 1. The number of hydrogen-bond acceptors (Lipinski definition) is 8. The predicted molar refractivity (Wildman–Crippen MR) is 158 cm³/mol. The van der Waals surface area contributed by atoms with Crippen molar-refractivity contribution in [1.82, 2.24) is 9.38 Å². The van der Waals surface area contributed by atoms with E-state index < -0.39 is 6.36 Å². The number of carbonyl (C=O) groups is 1. The quantitative estimate of drug-likeness (QED) is 0.184. The van der Waals surface area contributed by atoms with E-state index in [1.54, 1.807) is 6.21 Å². The fraction of sp³-hybridized carbons (Fsp3) is 0.179. The summed E-state index contributed by atoms with van der Waals surface area (Å²) in [6.07, 6.45) is -3.18. The average molecular weight is 597 g/mol. The van der Waals surface area contributed by atoms with Crippen LogP contribution in [0.4, 0.5) is 24.5 Å². The molecule has 2 heterocycles. The summed E-state index contributed by atoms with van der Waals surface area (Å²) in [7, 11) is 0. The highest BCUT2D eigenvalue weighted by Crippen LogP contribution is 2.31.